The zero-order valence-corrected chi connectivity index (χ0v) is 15.2. The van der Waals surface area contributed by atoms with E-state index in [4.69, 9.17) is 4.74 Å². The van der Waals surface area contributed by atoms with Gasteiger partial charge in [0.05, 0.1) is 12.7 Å². The molecule has 136 valence electrons. The molecular weight excluding hydrogens is 338 g/mol. The maximum Gasteiger partial charge on any atom is 0.339 e. The highest BCUT2D eigenvalue weighted by Crippen LogP contribution is 2.25. The number of benzene rings is 2. The molecule has 0 spiro atoms. The third-order valence-electron chi connectivity index (χ3n) is 4.50. The molecule has 0 aliphatic rings. The minimum absolute atomic E-state index is 0.00961. The molecule has 0 radical (unpaired) electrons. The van der Waals surface area contributed by atoms with Gasteiger partial charge in [0.2, 0.25) is 0 Å². The Hall–Kier alpha value is -3.27. The molecule has 2 aromatic carbocycles. The molecule has 4 nitrogen and oxygen atoms in total. The van der Waals surface area contributed by atoms with Crippen molar-refractivity contribution in [1.82, 2.24) is 4.98 Å². The normalized spacial score (nSPS) is 11.6. The molecular formula is C23H21NO3. The number of nitrogens with zero attached hydrogens (tertiary/aromatic N) is 1. The highest BCUT2D eigenvalue weighted by atomic mass is 16.5. The zero-order chi connectivity index (χ0) is 19.1. The van der Waals surface area contributed by atoms with E-state index in [1.807, 2.05) is 66.7 Å². The van der Waals surface area contributed by atoms with Crippen LogP contribution in [0.15, 0.2) is 79.0 Å². The van der Waals surface area contributed by atoms with Crippen molar-refractivity contribution < 1.29 is 14.3 Å². The molecule has 0 N–H and O–H groups in total. The average Bonchev–Trinajstić information content (AvgIpc) is 2.74. The molecule has 0 fully saturated rings. The van der Waals surface area contributed by atoms with E-state index in [9.17, 15) is 9.59 Å². The number of carbonyl (C=O) groups excluding carboxylic acids is 2. The van der Waals surface area contributed by atoms with Gasteiger partial charge in [-0.1, -0.05) is 60.7 Å². The van der Waals surface area contributed by atoms with Gasteiger partial charge in [0.25, 0.3) is 0 Å². The minimum atomic E-state index is -0.409. The molecule has 0 unspecified atom stereocenters. The van der Waals surface area contributed by atoms with Crippen LogP contribution in [0, 0.1) is 0 Å². The van der Waals surface area contributed by atoms with Crippen LogP contribution < -0.4 is 0 Å². The number of methoxy groups -OCH3 is 1. The molecule has 1 heterocycles. The van der Waals surface area contributed by atoms with E-state index >= 15 is 0 Å². The Labute approximate surface area is 158 Å². The number of rotatable bonds is 7. The van der Waals surface area contributed by atoms with Gasteiger partial charge in [-0.3, -0.25) is 9.78 Å². The number of carbonyl (C=O) groups is 2. The van der Waals surface area contributed by atoms with Gasteiger partial charge in [-0.15, -0.1) is 0 Å². The van der Waals surface area contributed by atoms with E-state index in [0.29, 0.717) is 24.0 Å². The number of aromatic nitrogens is 1. The summed E-state index contributed by atoms with van der Waals surface area (Å²) < 4.78 is 4.70. The molecule has 4 heteroatoms. The number of Topliss-reactive ketones (excluding diaryl/α,β-unsaturated/α-hetero) is 1. The molecule has 1 atom stereocenters. The van der Waals surface area contributed by atoms with Gasteiger partial charge in [-0.25, -0.2) is 4.79 Å². The molecule has 0 amide bonds. The van der Waals surface area contributed by atoms with Crippen LogP contribution in [0.4, 0.5) is 0 Å². The van der Waals surface area contributed by atoms with Crippen molar-refractivity contribution in [3.63, 3.8) is 0 Å². The lowest BCUT2D eigenvalue weighted by atomic mass is 9.88. The topological polar surface area (TPSA) is 56.3 Å². The number of ketones is 1. The van der Waals surface area contributed by atoms with Crippen molar-refractivity contribution in [2.75, 3.05) is 7.11 Å². The first-order valence-corrected chi connectivity index (χ1v) is 8.84. The van der Waals surface area contributed by atoms with E-state index in [1.165, 1.54) is 13.3 Å². The Morgan fingerprint density at radius 3 is 2.15 bits per heavy atom. The summed E-state index contributed by atoms with van der Waals surface area (Å²) in [6.07, 6.45) is 2.53. The van der Waals surface area contributed by atoms with Gasteiger partial charge >= 0.3 is 5.97 Å². The van der Waals surface area contributed by atoms with Crippen molar-refractivity contribution in [2.24, 2.45) is 0 Å². The lowest BCUT2D eigenvalue weighted by Crippen LogP contribution is -2.11. The summed E-state index contributed by atoms with van der Waals surface area (Å²) in [4.78, 5) is 28.7. The Bertz CT molecular complexity index is 890. The molecule has 27 heavy (non-hydrogen) atoms. The summed E-state index contributed by atoms with van der Waals surface area (Å²) in [7, 11) is 1.34. The number of ether oxygens (including phenoxy) is 1. The summed E-state index contributed by atoms with van der Waals surface area (Å²) in [6.45, 7) is 0. The monoisotopic (exact) mass is 359 g/mol. The summed E-state index contributed by atoms with van der Waals surface area (Å²) in [5, 5.41) is 0. The predicted molar refractivity (Wildman–Crippen MR) is 104 cm³/mol. The quantitative estimate of drug-likeness (QED) is 0.461. The average molecular weight is 359 g/mol. The molecule has 3 aromatic rings. The molecule has 0 saturated carbocycles. The van der Waals surface area contributed by atoms with Crippen LogP contribution in [0.5, 0.6) is 0 Å². The SMILES string of the molecule is COC(=O)c1ccc(C[C@@H](CC(=O)c2ccccc2)c2ccccc2)nc1. The van der Waals surface area contributed by atoms with Crippen LogP contribution in [0.2, 0.25) is 0 Å². The summed E-state index contributed by atoms with van der Waals surface area (Å²) in [6, 6.07) is 22.8. The standard InChI is InChI=1S/C23H21NO3/c1-27-23(26)19-12-13-21(24-16-19)14-20(17-8-4-2-5-9-17)15-22(25)18-10-6-3-7-11-18/h2-13,16,20H,14-15H2,1H3/t20-/m0/s1. The smallest absolute Gasteiger partial charge is 0.339 e. The van der Waals surface area contributed by atoms with E-state index in [2.05, 4.69) is 4.98 Å². The Kier molecular flexibility index (Phi) is 6.10. The van der Waals surface area contributed by atoms with Crippen LogP contribution in [-0.4, -0.2) is 23.8 Å². The fourth-order valence-corrected chi connectivity index (χ4v) is 3.04. The van der Waals surface area contributed by atoms with Crippen molar-refractivity contribution in [2.45, 2.75) is 18.8 Å². The number of esters is 1. The molecule has 0 aliphatic heterocycles. The minimum Gasteiger partial charge on any atom is -0.465 e. The highest BCUT2D eigenvalue weighted by molar-refractivity contribution is 5.96. The summed E-state index contributed by atoms with van der Waals surface area (Å²) in [5.41, 5.74) is 3.06. The Morgan fingerprint density at radius 2 is 1.56 bits per heavy atom. The van der Waals surface area contributed by atoms with Crippen molar-refractivity contribution in [3.8, 4) is 0 Å². The van der Waals surface area contributed by atoms with Crippen LogP contribution in [0.1, 0.15) is 44.3 Å². The summed E-state index contributed by atoms with van der Waals surface area (Å²) >= 11 is 0. The molecule has 0 aliphatic carbocycles. The molecule has 1 aromatic heterocycles. The predicted octanol–water partition coefficient (Wildman–Crippen LogP) is 4.47. The van der Waals surface area contributed by atoms with E-state index in [-0.39, 0.29) is 11.7 Å². The first kappa shape index (κ1) is 18.5. The Balaban J connectivity index is 1.80. The third kappa shape index (κ3) is 4.88. The lowest BCUT2D eigenvalue weighted by Gasteiger charge is -2.17. The van der Waals surface area contributed by atoms with Crippen LogP contribution in [-0.2, 0) is 11.2 Å². The zero-order valence-electron chi connectivity index (χ0n) is 15.2. The second kappa shape index (κ2) is 8.90. The highest BCUT2D eigenvalue weighted by Gasteiger charge is 2.18. The molecule has 0 saturated heterocycles. The molecule has 0 bridgehead atoms. The van der Waals surface area contributed by atoms with E-state index in [0.717, 1.165) is 11.3 Å². The van der Waals surface area contributed by atoms with Gasteiger partial charge in [-0.2, -0.15) is 0 Å². The van der Waals surface area contributed by atoms with Gasteiger partial charge < -0.3 is 4.74 Å². The third-order valence-corrected chi connectivity index (χ3v) is 4.50. The van der Waals surface area contributed by atoms with Crippen molar-refractivity contribution in [1.29, 1.82) is 0 Å². The fourth-order valence-electron chi connectivity index (χ4n) is 3.04. The largest absolute Gasteiger partial charge is 0.465 e. The first-order chi connectivity index (χ1) is 13.2. The van der Waals surface area contributed by atoms with Crippen LogP contribution >= 0.6 is 0 Å². The number of pyridine rings is 1. The molecule has 3 rings (SSSR count). The van der Waals surface area contributed by atoms with Crippen LogP contribution in [0.3, 0.4) is 0 Å². The Morgan fingerprint density at radius 1 is 0.889 bits per heavy atom. The van der Waals surface area contributed by atoms with Crippen LogP contribution in [0.25, 0.3) is 0 Å². The van der Waals surface area contributed by atoms with Crippen molar-refractivity contribution in [3.05, 3.63) is 101 Å². The van der Waals surface area contributed by atoms with Gasteiger partial charge in [0.15, 0.2) is 5.78 Å². The second-order valence-corrected chi connectivity index (χ2v) is 6.33. The second-order valence-electron chi connectivity index (χ2n) is 6.33. The number of hydrogen-bond donors (Lipinski definition) is 0. The van der Waals surface area contributed by atoms with Gasteiger partial charge in [0.1, 0.15) is 0 Å². The van der Waals surface area contributed by atoms with E-state index in [1.54, 1.807) is 6.07 Å². The number of hydrogen-bond acceptors (Lipinski definition) is 4. The first-order valence-electron chi connectivity index (χ1n) is 8.84. The fraction of sp³-hybridized carbons (Fsp3) is 0.174. The maximum absolute atomic E-state index is 12.7. The van der Waals surface area contributed by atoms with E-state index < -0.39 is 5.97 Å². The summed E-state index contributed by atoms with van der Waals surface area (Å²) in [5.74, 6) is -0.293. The van der Waals surface area contributed by atoms with Gasteiger partial charge in [-0.05, 0) is 30.0 Å². The maximum atomic E-state index is 12.7. The van der Waals surface area contributed by atoms with Gasteiger partial charge in [0, 0.05) is 23.9 Å². The van der Waals surface area contributed by atoms with Crippen molar-refractivity contribution >= 4 is 11.8 Å². The lowest BCUT2D eigenvalue weighted by molar-refractivity contribution is 0.0600.